The summed E-state index contributed by atoms with van der Waals surface area (Å²) >= 11 is 0. The maximum absolute atomic E-state index is 12.2. The van der Waals surface area contributed by atoms with E-state index in [1.165, 1.54) is 0 Å². The molecule has 29 heavy (non-hydrogen) atoms. The number of fused-ring (bicyclic) bond motifs is 2. The molecular weight excluding hydrogens is 364 g/mol. The first kappa shape index (κ1) is 19.5. The molecule has 0 spiro atoms. The molecule has 1 N–H and O–H groups in total. The van der Waals surface area contributed by atoms with Gasteiger partial charge in [0.2, 0.25) is 5.91 Å². The number of ether oxygens (including phenoxy) is 1. The predicted octanol–water partition coefficient (Wildman–Crippen LogP) is 4.10. The predicted molar refractivity (Wildman–Crippen MR) is 116 cm³/mol. The number of nitrogens with zero attached hydrogens (tertiary/aromatic N) is 3. The van der Waals surface area contributed by atoms with Crippen molar-refractivity contribution in [2.45, 2.75) is 20.3 Å². The van der Waals surface area contributed by atoms with Gasteiger partial charge in [-0.2, -0.15) is 0 Å². The van der Waals surface area contributed by atoms with Gasteiger partial charge in [-0.15, -0.1) is 0 Å². The minimum Gasteiger partial charge on any atom is -0.454 e. The summed E-state index contributed by atoms with van der Waals surface area (Å²) in [6, 6.07) is 13.6. The Balaban J connectivity index is 1.77. The summed E-state index contributed by atoms with van der Waals surface area (Å²) in [4.78, 5) is 21.9. The van der Waals surface area contributed by atoms with Crippen LogP contribution in [0, 0.1) is 5.92 Å². The van der Waals surface area contributed by atoms with E-state index in [1.54, 1.807) is 0 Å². The molecule has 0 unspecified atom stereocenters. The first-order chi connectivity index (χ1) is 14.0. The average Bonchev–Trinajstić information content (AvgIpc) is 3.01. The molecule has 2 aromatic carbocycles. The zero-order chi connectivity index (χ0) is 20.4. The number of rotatable bonds is 2. The second-order valence-electron chi connectivity index (χ2n) is 8.00. The van der Waals surface area contributed by atoms with Crippen molar-refractivity contribution in [3.63, 3.8) is 0 Å². The van der Waals surface area contributed by atoms with Crippen LogP contribution in [0.3, 0.4) is 0 Å². The van der Waals surface area contributed by atoms with Gasteiger partial charge in [0.1, 0.15) is 17.3 Å². The number of para-hydroxylation sites is 2. The Hall–Kier alpha value is -2.86. The number of anilines is 1. The van der Waals surface area contributed by atoms with Crippen LogP contribution < -0.4 is 10.1 Å². The van der Waals surface area contributed by atoms with E-state index >= 15 is 0 Å². The van der Waals surface area contributed by atoms with Crippen LogP contribution in [0.1, 0.15) is 25.8 Å². The van der Waals surface area contributed by atoms with Gasteiger partial charge in [0.15, 0.2) is 5.75 Å². The van der Waals surface area contributed by atoms with Crippen LogP contribution in [-0.4, -0.2) is 54.8 Å². The smallest absolute Gasteiger partial charge is 0.226 e. The normalized spacial score (nSPS) is 16.8. The number of aliphatic imine (C=N–C) groups is 1. The lowest BCUT2D eigenvalue weighted by molar-refractivity contribution is -0.118. The summed E-state index contributed by atoms with van der Waals surface area (Å²) in [5, 5.41) is 3.00. The van der Waals surface area contributed by atoms with E-state index < -0.39 is 0 Å². The number of carbonyl (C=O) groups is 1. The molecule has 0 atom stereocenters. The van der Waals surface area contributed by atoms with Crippen LogP contribution in [0.15, 0.2) is 47.5 Å². The average molecular weight is 393 g/mol. The van der Waals surface area contributed by atoms with E-state index in [4.69, 9.17) is 9.73 Å². The molecule has 1 amide bonds. The van der Waals surface area contributed by atoms with E-state index in [0.29, 0.717) is 0 Å². The number of likely N-dealkylation sites (N-methyl/N-ethyl adjacent to an activating group) is 1. The van der Waals surface area contributed by atoms with Gasteiger partial charge in [-0.25, -0.2) is 4.99 Å². The topological polar surface area (TPSA) is 57.2 Å². The molecule has 0 radical (unpaired) electrons. The number of amides is 1. The Morgan fingerprint density at radius 2 is 1.90 bits per heavy atom. The van der Waals surface area contributed by atoms with E-state index in [9.17, 15) is 4.79 Å². The van der Waals surface area contributed by atoms with E-state index in [-0.39, 0.29) is 11.8 Å². The molecule has 0 bridgehead atoms. The van der Waals surface area contributed by atoms with Crippen LogP contribution in [0.25, 0.3) is 0 Å². The summed E-state index contributed by atoms with van der Waals surface area (Å²) in [6.45, 7) is 7.68. The molecular formula is C23H28N4O2. The van der Waals surface area contributed by atoms with Gasteiger partial charge >= 0.3 is 0 Å². The molecule has 0 saturated carbocycles. The molecule has 1 fully saturated rings. The van der Waals surface area contributed by atoms with Gasteiger partial charge < -0.3 is 19.9 Å². The summed E-state index contributed by atoms with van der Waals surface area (Å²) in [5.74, 6) is 2.32. The van der Waals surface area contributed by atoms with E-state index in [1.807, 2.05) is 56.3 Å². The Bertz CT molecular complexity index is 938. The lowest BCUT2D eigenvalue weighted by Gasteiger charge is -2.25. The van der Waals surface area contributed by atoms with Gasteiger partial charge in [-0.1, -0.05) is 26.0 Å². The van der Waals surface area contributed by atoms with Gasteiger partial charge in [0.25, 0.3) is 0 Å². The lowest BCUT2D eigenvalue weighted by Crippen LogP contribution is -2.35. The molecule has 0 aromatic heterocycles. The Kier molecular flexibility index (Phi) is 5.53. The maximum Gasteiger partial charge on any atom is 0.226 e. The van der Waals surface area contributed by atoms with Crippen molar-refractivity contribution in [1.29, 1.82) is 0 Å². The van der Waals surface area contributed by atoms with Crippen LogP contribution in [-0.2, 0) is 4.79 Å². The second-order valence-corrected chi connectivity index (χ2v) is 8.00. The van der Waals surface area contributed by atoms with Crippen molar-refractivity contribution < 1.29 is 9.53 Å². The minimum atomic E-state index is -0.0800. The molecule has 2 heterocycles. The van der Waals surface area contributed by atoms with Crippen molar-refractivity contribution in [2.24, 2.45) is 10.9 Å². The quantitative estimate of drug-likeness (QED) is 0.836. The zero-order valence-corrected chi connectivity index (χ0v) is 17.3. The minimum absolute atomic E-state index is 0.00216. The third kappa shape index (κ3) is 4.27. The highest BCUT2D eigenvalue weighted by molar-refractivity contribution is 6.05. The van der Waals surface area contributed by atoms with Crippen LogP contribution in [0.4, 0.5) is 11.4 Å². The van der Waals surface area contributed by atoms with Gasteiger partial charge in [0.05, 0.1) is 5.56 Å². The number of carbonyl (C=O) groups excluding carboxylic acids is 1. The molecule has 4 rings (SSSR count). The van der Waals surface area contributed by atoms with E-state index in [0.717, 1.165) is 66.9 Å². The first-order valence-electron chi connectivity index (χ1n) is 10.3. The van der Waals surface area contributed by atoms with Gasteiger partial charge in [0, 0.05) is 31.2 Å². The molecule has 2 aliphatic heterocycles. The van der Waals surface area contributed by atoms with Crippen LogP contribution >= 0.6 is 0 Å². The fraction of sp³-hybridized carbons (Fsp3) is 0.391. The Morgan fingerprint density at radius 3 is 2.72 bits per heavy atom. The van der Waals surface area contributed by atoms with Crippen molar-refractivity contribution in [1.82, 2.24) is 9.80 Å². The fourth-order valence-electron chi connectivity index (χ4n) is 3.59. The molecule has 6 heteroatoms. The third-order valence-electron chi connectivity index (χ3n) is 5.34. The summed E-state index contributed by atoms with van der Waals surface area (Å²) in [6.07, 6.45) is 1.08. The Morgan fingerprint density at radius 1 is 1.07 bits per heavy atom. The zero-order valence-electron chi connectivity index (χ0n) is 17.3. The maximum atomic E-state index is 12.2. The van der Waals surface area contributed by atoms with Crippen molar-refractivity contribution in [3.8, 4) is 11.5 Å². The monoisotopic (exact) mass is 392 g/mol. The summed E-state index contributed by atoms with van der Waals surface area (Å²) < 4.78 is 6.22. The second kappa shape index (κ2) is 8.25. The number of benzene rings is 2. The molecule has 152 valence electrons. The third-order valence-corrected chi connectivity index (χ3v) is 5.34. The van der Waals surface area contributed by atoms with Crippen molar-refractivity contribution >= 4 is 23.1 Å². The lowest BCUT2D eigenvalue weighted by atomic mass is 10.1. The standard InChI is InChI=1S/C23H28N4O2/c1-16(2)23(28)24-17-9-10-20-18(15-17)22(27-12-6-11-26(3)13-14-27)25-19-7-4-5-8-21(19)29-20/h4-5,7-10,15-16H,6,11-14H2,1-3H3,(H,24,28). The highest BCUT2D eigenvalue weighted by Crippen LogP contribution is 2.39. The van der Waals surface area contributed by atoms with Crippen LogP contribution in [0.2, 0.25) is 0 Å². The Labute approximate surface area is 172 Å². The fourth-order valence-corrected chi connectivity index (χ4v) is 3.59. The largest absolute Gasteiger partial charge is 0.454 e. The van der Waals surface area contributed by atoms with Gasteiger partial charge in [-0.05, 0) is 50.3 Å². The number of nitrogens with one attached hydrogen (secondary N) is 1. The summed E-state index contributed by atoms with van der Waals surface area (Å²) in [5.41, 5.74) is 2.49. The first-order valence-corrected chi connectivity index (χ1v) is 10.3. The SMILES string of the molecule is CC(C)C(=O)Nc1ccc2c(c1)C(N1CCCN(C)CC1)=Nc1ccccc1O2. The molecule has 0 aliphatic carbocycles. The highest BCUT2D eigenvalue weighted by Gasteiger charge is 2.25. The highest BCUT2D eigenvalue weighted by atomic mass is 16.5. The van der Waals surface area contributed by atoms with Crippen molar-refractivity contribution in [2.75, 3.05) is 38.5 Å². The number of hydrogen-bond donors (Lipinski definition) is 1. The van der Waals surface area contributed by atoms with Gasteiger partial charge in [-0.3, -0.25) is 4.79 Å². The number of amidine groups is 1. The molecule has 2 aromatic rings. The van der Waals surface area contributed by atoms with E-state index in [2.05, 4.69) is 22.2 Å². The summed E-state index contributed by atoms with van der Waals surface area (Å²) in [7, 11) is 2.16. The molecule has 2 aliphatic rings. The molecule has 1 saturated heterocycles. The van der Waals surface area contributed by atoms with Crippen LogP contribution in [0.5, 0.6) is 11.5 Å². The molecule has 6 nitrogen and oxygen atoms in total. The van der Waals surface area contributed by atoms with Crippen molar-refractivity contribution in [3.05, 3.63) is 48.0 Å². The number of hydrogen-bond acceptors (Lipinski definition) is 5.